The van der Waals surface area contributed by atoms with E-state index in [9.17, 15) is 4.79 Å². The van der Waals surface area contributed by atoms with Gasteiger partial charge in [-0.1, -0.05) is 36.4 Å². The molecule has 1 aliphatic rings. The zero-order valence-electron chi connectivity index (χ0n) is 15.6. The second-order valence-electron chi connectivity index (χ2n) is 7.05. The number of carbonyl (C=O) groups excluding carboxylic acids is 1. The van der Waals surface area contributed by atoms with Crippen LogP contribution in [0.5, 0.6) is 0 Å². The number of benzene rings is 2. The topological polar surface area (TPSA) is 70.7 Å². The first-order valence-electron chi connectivity index (χ1n) is 8.90. The van der Waals surface area contributed by atoms with E-state index in [0.29, 0.717) is 18.9 Å². The lowest BCUT2D eigenvalue weighted by molar-refractivity contribution is -0.127. The van der Waals surface area contributed by atoms with E-state index >= 15 is 0 Å². The number of carbonyl (C=O) groups is 1. The summed E-state index contributed by atoms with van der Waals surface area (Å²) in [6, 6.07) is 16.3. The number of nitrogens with two attached hydrogens (primary N) is 1. The summed E-state index contributed by atoms with van der Waals surface area (Å²) in [5.74, 6) is 0.651. The molecule has 26 heavy (non-hydrogen) atoms. The molecule has 2 aromatic carbocycles. The third-order valence-corrected chi connectivity index (χ3v) is 4.83. The fourth-order valence-corrected chi connectivity index (χ4v) is 3.71. The van der Waals surface area contributed by atoms with Gasteiger partial charge in [-0.05, 0) is 42.7 Å². The Kier molecular flexibility index (Phi) is 5.26. The number of amides is 1. The molecule has 0 spiro atoms. The molecular weight excluding hydrogens is 324 g/mol. The third-order valence-electron chi connectivity index (χ3n) is 4.83. The van der Waals surface area contributed by atoms with Crippen molar-refractivity contribution < 1.29 is 4.79 Å². The van der Waals surface area contributed by atoms with Crippen LogP contribution in [-0.4, -0.2) is 30.4 Å². The van der Waals surface area contributed by atoms with Crippen molar-refractivity contribution in [2.75, 3.05) is 18.9 Å². The Labute approximate surface area is 154 Å². The van der Waals surface area contributed by atoms with E-state index in [0.717, 1.165) is 11.3 Å². The van der Waals surface area contributed by atoms with Crippen molar-refractivity contribution >= 4 is 17.6 Å². The molecule has 0 aliphatic carbocycles. The summed E-state index contributed by atoms with van der Waals surface area (Å²) in [5.41, 5.74) is 10.5. The predicted molar refractivity (Wildman–Crippen MR) is 106 cm³/mol. The van der Waals surface area contributed by atoms with E-state index in [-0.39, 0.29) is 17.9 Å². The van der Waals surface area contributed by atoms with E-state index in [1.165, 1.54) is 11.1 Å². The highest BCUT2D eigenvalue weighted by Crippen LogP contribution is 2.36. The van der Waals surface area contributed by atoms with E-state index < -0.39 is 0 Å². The lowest BCUT2D eigenvalue weighted by Gasteiger charge is -2.24. The first-order chi connectivity index (χ1) is 12.4. The van der Waals surface area contributed by atoms with Gasteiger partial charge in [-0.2, -0.15) is 0 Å². The normalized spacial score (nSPS) is 20.5. The van der Waals surface area contributed by atoms with Crippen molar-refractivity contribution in [3.63, 3.8) is 0 Å². The third kappa shape index (κ3) is 4.04. The van der Waals surface area contributed by atoms with Crippen molar-refractivity contribution in [2.24, 2.45) is 16.6 Å². The number of rotatable bonds is 4. The second-order valence-corrected chi connectivity index (χ2v) is 7.05. The Hall–Kier alpha value is -2.82. The highest BCUT2D eigenvalue weighted by atomic mass is 16.2. The summed E-state index contributed by atoms with van der Waals surface area (Å²) in [4.78, 5) is 18.5. The summed E-state index contributed by atoms with van der Waals surface area (Å²) < 4.78 is 0. The number of hydrogen-bond acceptors (Lipinski definition) is 2. The molecule has 2 aromatic rings. The number of likely N-dealkylation sites (tertiary alicyclic amines) is 1. The molecule has 3 N–H and O–H groups in total. The van der Waals surface area contributed by atoms with Crippen molar-refractivity contribution in [2.45, 2.75) is 26.3 Å². The Bertz CT molecular complexity index is 796. The highest BCUT2D eigenvalue weighted by molar-refractivity contribution is 5.92. The number of aliphatic imine (C=N–C) groups is 1. The van der Waals surface area contributed by atoms with Crippen molar-refractivity contribution in [1.29, 1.82) is 0 Å². The van der Waals surface area contributed by atoms with Gasteiger partial charge >= 0.3 is 0 Å². The lowest BCUT2D eigenvalue weighted by atomic mass is 9.94. The second kappa shape index (κ2) is 7.60. The van der Waals surface area contributed by atoms with Crippen molar-refractivity contribution in [1.82, 2.24) is 4.90 Å². The standard InChI is InChI=1S/C21H26N4O/c1-14-9-15(2)11-18(10-14)24-21(22)23-13-17-12-19(26)25(3)20(17)16-7-5-4-6-8-16/h4-11,17,20H,12-13H2,1-3H3,(H3,22,23,24). The van der Waals surface area contributed by atoms with Gasteiger partial charge in [0.2, 0.25) is 5.91 Å². The van der Waals surface area contributed by atoms with Crippen molar-refractivity contribution in [3.8, 4) is 0 Å². The molecule has 1 amide bonds. The minimum absolute atomic E-state index is 0.0430. The molecule has 1 fully saturated rings. The number of hydrogen-bond donors (Lipinski definition) is 2. The first-order valence-corrected chi connectivity index (χ1v) is 8.90. The Morgan fingerprint density at radius 3 is 2.50 bits per heavy atom. The molecule has 0 aromatic heterocycles. The Morgan fingerprint density at radius 2 is 1.85 bits per heavy atom. The molecule has 2 atom stereocenters. The van der Waals surface area contributed by atoms with Gasteiger partial charge < -0.3 is 16.0 Å². The summed E-state index contributed by atoms with van der Waals surface area (Å²) in [6.07, 6.45) is 0.496. The number of guanidine groups is 1. The molecular formula is C21H26N4O. The maximum absolute atomic E-state index is 12.2. The molecule has 0 bridgehead atoms. The molecule has 3 rings (SSSR count). The van der Waals surface area contributed by atoms with Crippen LogP contribution in [0.1, 0.15) is 29.2 Å². The molecule has 5 heteroatoms. The number of aryl methyl sites for hydroxylation is 2. The van der Waals surface area contributed by atoms with Crippen LogP contribution >= 0.6 is 0 Å². The quantitative estimate of drug-likeness (QED) is 0.657. The number of nitrogens with one attached hydrogen (secondary N) is 1. The average molecular weight is 350 g/mol. The van der Waals surface area contributed by atoms with Crippen LogP contribution in [0.25, 0.3) is 0 Å². The molecule has 1 saturated heterocycles. The predicted octanol–water partition coefficient (Wildman–Crippen LogP) is 3.25. The van der Waals surface area contributed by atoms with Gasteiger partial charge in [0.1, 0.15) is 0 Å². The van der Waals surface area contributed by atoms with E-state index in [1.807, 2.05) is 42.3 Å². The summed E-state index contributed by atoms with van der Waals surface area (Å²) in [5, 5.41) is 3.15. The molecule has 1 heterocycles. The summed E-state index contributed by atoms with van der Waals surface area (Å²) in [6.45, 7) is 4.62. The van der Waals surface area contributed by atoms with Gasteiger partial charge in [-0.3, -0.25) is 9.79 Å². The van der Waals surface area contributed by atoms with Crippen LogP contribution in [0.3, 0.4) is 0 Å². The smallest absolute Gasteiger partial charge is 0.223 e. The van der Waals surface area contributed by atoms with Crippen LogP contribution < -0.4 is 11.1 Å². The fourth-order valence-electron chi connectivity index (χ4n) is 3.71. The first kappa shape index (κ1) is 18.0. The molecule has 0 saturated carbocycles. The van der Waals surface area contributed by atoms with Gasteiger partial charge in [-0.25, -0.2) is 0 Å². The number of anilines is 1. The Balaban J connectivity index is 1.72. The average Bonchev–Trinajstić information content (AvgIpc) is 2.87. The maximum atomic E-state index is 12.2. The van der Waals surface area contributed by atoms with Crippen LogP contribution in [0.15, 0.2) is 53.5 Å². The molecule has 0 radical (unpaired) electrons. The monoisotopic (exact) mass is 350 g/mol. The largest absolute Gasteiger partial charge is 0.370 e. The minimum atomic E-state index is 0.0430. The van der Waals surface area contributed by atoms with Crippen LogP contribution in [0.2, 0.25) is 0 Å². The van der Waals surface area contributed by atoms with Gasteiger partial charge in [0.05, 0.1) is 6.04 Å². The number of nitrogens with zero attached hydrogens (tertiary/aromatic N) is 2. The molecule has 1 aliphatic heterocycles. The zero-order valence-corrected chi connectivity index (χ0v) is 15.6. The summed E-state index contributed by atoms with van der Waals surface area (Å²) >= 11 is 0. The SMILES string of the molecule is Cc1cc(C)cc(NC(N)=NCC2CC(=O)N(C)C2c2ccccc2)c1. The highest BCUT2D eigenvalue weighted by Gasteiger charge is 2.38. The van der Waals surface area contributed by atoms with Crippen LogP contribution in [0.4, 0.5) is 5.69 Å². The lowest BCUT2D eigenvalue weighted by Crippen LogP contribution is -2.27. The van der Waals surface area contributed by atoms with Gasteiger partial charge in [0.15, 0.2) is 5.96 Å². The van der Waals surface area contributed by atoms with Crippen LogP contribution in [0, 0.1) is 19.8 Å². The van der Waals surface area contributed by atoms with Crippen molar-refractivity contribution in [3.05, 3.63) is 65.2 Å². The van der Waals surface area contributed by atoms with E-state index in [4.69, 9.17) is 5.73 Å². The molecule has 2 unspecified atom stereocenters. The Morgan fingerprint density at radius 1 is 1.19 bits per heavy atom. The fraction of sp³-hybridized carbons (Fsp3) is 0.333. The maximum Gasteiger partial charge on any atom is 0.223 e. The van der Waals surface area contributed by atoms with E-state index in [2.05, 4.69) is 42.4 Å². The molecule has 5 nitrogen and oxygen atoms in total. The van der Waals surface area contributed by atoms with Gasteiger partial charge in [0, 0.05) is 31.6 Å². The minimum Gasteiger partial charge on any atom is -0.370 e. The van der Waals surface area contributed by atoms with Gasteiger partial charge in [-0.15, -0.1) is 0 Å². The zero-order chi connectivity index (χ0) is 18.7. The van der Waals surface area contributed by atoms with Gasteiger partial charge in [0.25, 0.3) is 0 Å². The summed E-state index contributed by atoms with van der Waals surface area (Å²) in [7, 11) is 1.86. The van der Waals surface area contributed by atoms with Crippen LogP contribution in [-0.2, 0) is 4.79 Å². The molecule has 136 valence electrons. The van der Waals surface area contributed by atoms with E-state index in [1.54, 1.807) is 0 Å².